The molecular formula is C16H21N5O. The highest BCUT2D eigenvalue weighted by molar-refractivity contribution is 5.99. The Morgan fingerprint density at radius 2 is 2.14 bits per heavy atom. The Balaban J connectivity index is 1.69. The van der Waals surface area contributed by atoms with Crippen LogP contribution in [-0.4, -0.2) is 39.8 Å². The van der Waals surface area contributed by atoms with E-state index >= 15 is 0 Å². The molecule has 1 N–H and O–H groups in total. The molecule has 1 unspecified atom stereocenters. The molecule has 1 amide bonds. The molecule has 3 rings (SSSR count). The van der Waals surface area contributed by atoms with Crippen molar-refractivity contribution in [2.75, 3.05) is 18.0 Å². The van der Waals surface area contributed by atoms with Crippen molar-refractivity contribution in [3.8, 4) is 0 Å². The van der Waals surface area contributed by atoms with E-state index in [0.717, 1.165) is 31.7 Å². The molecule has 0 spiro atoms. The number of nitrogens with one attached hydrogen (secondary N) is 1. The summed E-state index contributed by atoms with van der Waals surface area (Å²) in [6, 6.07) is 5.53. The van der Waals surface area contributed by atoms with Crippen LogP contribution in [-0.2, 0) is 6.54 Å². The zero-order valence-electron chi connectivity index (χ0n) is 12.8. The first kappa shape index (κ1) is 14.6. The van der Waals surface area contributed by atoms with Gasteiger partial charge in [-0.15, -0.1) is 0 Å². The molecule has 1 aliphatic rings. The normalized spacial score (nSPS) is 15.8. The summed E-state index contributed by atoms with van der Waals surface area (Å²) >= 11 is 0. The number of nitrogens with zero attached hydrogens (tertiary/aromatic N) is 4. The second-order valence-corrected chi connectivity index (χ2v) is 5.67. The van der Waals surface area contributed by atoms with E-state index in [9.17, 15) is 4.79 Å². The fourth-order valence-corrected chi connectivity index (χ4v) is 2.79. The summed E-state index contributed by atoms with van der Waals surface area (Å²) in [6.07, 6.45) is 7.70. The van der Waals surface area contributed by atoms with Crippen LogP contribution in [0.15, 0.2) is 36.8 Å². The Hall–Kier alpha value is -2.37. The number of hydrogen-bond acceptors (Lipinski definition) is 4. The van der Waals surface area contributed by atoms with E-state index in [2.05, 4.69) is 20.3 Å². The van der Waals surface area contributed by atoms with Gasteiger partial charge in [0.1, 0.15) is 5.82 Å². The largest absolute Gasteiger partial charge is 0.356 e. The van der Waals surface area contributed by atoms with Crippen molar-refractivity contribution in [3.05, 3.63) is 42.4 Å². The molecule has 3 heterocycles. The van der Waals surface area contributed by atoms with E-state index in [1.54, 1.807) is 12.4 Å². The Bertz CT molecular complexity index is 619. The van der Waals surface area contributed by atoms with Crippen LogP contribution in [0.1, 0.15) is 30.1 Å². The van der Waals surface area contributed by atoms with Crippen molar-refractivity contribution in [3.63, 3.8) is 0 Å². The van der Waals surface area contributed by atoms with E-state index in [1.807, 2.05) is 36.0 Å². The zero-order valence-corrected chi connectivity index (χ0v) is 12.8. The van der Waals surface area contributed by atoms with Crippen LogP contribution in [0.2, 0.25) is 0 Å². The predicted molar refractivity (Wildman–Crippen MR) is 84.8 cm³/mol. The van der Waals surface area contributed by atoms with Crippen LogP contribution >= 0.6 is 0 Å². The summed E-state index contributed by atoms with van der Waals surface area (Å²) in [6.45, 7) is 4.57. The Morgan fingerprint density at radius 3 is 2.86 bits per heavy atom. The highest BCUT2D eigenvalue weighted by Gasteiger charge is 2.21. The van der Waals surface area contributed by atoms with Gasteiger partial charge in [0, 0.05) is 37.7 Å². The number of aromatic nitrogens is 3. The fourth-order valence-electron chi connectivity index (χ4n) is 2.79. The first-order valence-electron chi connectivity index (χ1n) is 7.72. The first-order chi connectivity index (χ1) is 10.7. The van der Waals surface area contributed by atoms with Gasteiger partial charge in [-0.2, -0.15) is 5.10 Å². The lowest BCUT2D eigenvalue weighted by Crippen LogP contribution is -2.37. The van der Waals surface area contributed by atoms with Gasteiger partial charge >= 0.3 is 0 Å². The van der Waals surface area contributed by atoms with E-state index in [1.165, 1.54) is 0 Å². The average Bonchev–Trinajstić information content (AvgIpc) is 3.20. The molecule has 0 saturated carbocycles. The number of anilines is 1. The number of amides is 1. The molecule has 116 valence electrons. The molecule has 1 atom stereocenters. The molecule has 2 aromatic heterocycles. The third-order valence-corrected chi connectivity index (χ3v) is 3.83. The monoisotopic (exact) mass is 299 g/mol. The van der Waals surface area contributed by atoms with Crippen molar-refractivity contribution in [2.45, 2.75) is 32.4 Å². The van der Waals surface area contributed by atoms with Crippen molar-refractivity contribution < 1.29 is 4.79 Å². The van der Waals surface area contributed by atoms with Crippen LogP contribution in [0.3, 0.4) is 0 Å². The van der Waals surface area contributed by atoms with E-state index in [4.69, 9.17) is 0 Å². The summed E-state index contributed by atoms with van der Waals surface area (Å²) in [5.74, 6) is 0.721. The highest BCUT2D eigenvalue weighted by atomic mass is 16.1. The molecule has 22 heavy (non-hydrogen) atoms. The van der Waals surface area contributed by atoms with Gasteiger partial charge in [0.05, 0.1) is 12.1 Å². The molecule has 6 nitrogen and oxygen atoms in total. The van der Waals surface area contributed by atoms with Crippen molar-refractivity contribution in [2.24, 2.45) is 0 Å². The molecule has 0 bridgehead atoms. The molecule has 6 heteroatoms. The van der Waals surface area contributed by atoms with Crippen molar-refractivity contribution >= 4 is 11.7 Å². The lowest BCUT2D eigenvalue weighted by Gasteiger charge is -2.20. The maximum atomic E-state index is 12.6. The van der Waals surface area contributed by atoms with Crippen LogP contribution in [0.25, 0.3) is 0 Å². The number of carbonyl (C=O) groups excluding carboxylic acids is 1. The van der Waals surface area contributed by atoms with Gasteiger partial charge in [-0.1, -0.05) is 0 Å². The molecule has 0 aromatic carbocycles. The molecule has 2 aromatic rings. The second-order valence-electron chi connectivity index (χ2n) is 5.67. The number of hydrogen-bond donors (Lipinski definition) is 1. The number of carbonyl (C=O) groups is 1. The molecule has 1 saturated heterocycles. The second kappa shape index (κ2) is 6.60. The van der Waals surface area contributed by atoms with Crippen molar-refractivity contribution in [1.29, 1.82) is 0 Å². The van der Waals surface area contributed by atoms with Gasteiger partial charge in [-0.05, 0) is 38.0 Å². The SMILES string of the molecule is CC(Cn1cccn1)NC(=O)c1cccnc1N1CCCC1. The molecule has 1 fully saturated rings. The zero-order chi connectivity index (χ0) is 15.4. The summed E-state index contributed by atoms with van der Waals surface area (Å²) in [5, 5.41) is 7.19. The van der Waals surface area contributed by atoms with Gasteiger partial charge in [0.15, 0.2) is 0 Å². The molecular weight excluding hydrogens is 278 g/mol. The number of rotatable bonds is 5. The van der Waals surface area contributed by atoms with Gasteiger partial charge < -0.3 is 10.2 Å². The van der Waals surface area contributed by atoms with E-state index < -0.39 is 0 Å². The Kier molecular flexibility index (Phi) is 4.37. The van der Waals surface area contributed by atoms with Gasteiger partial charge in [0.25, 0.3) is 5.91 Å². The number of pyridine rings is 1. The van der Waals surface area contributed by atoms with Crippen LogP contribution in [0, 0.1) is 0 Å². The minimum absolute atomic E-state index is 0.000894. The van der Waals surface area contributed by atoms with Crippen LogP contribution < -0.4 is 10.2 Å². The smallest absolute Gasteiger partial charge is 0.255 e. The minimum atomic E-state index is -0.0744. The molecule has 0 radical (unpaired) electrons. The minimum Gasteiger partial charge on any atom is -0.356 e. The standard InChI is InChI=1S/C16H21N5O/c1-13(12-21-11-5-8-18-21)19-16(22)14-6-4-7-17-15(14)20-9-2-3-10-20/h4-8,11,13H,2-3,9-10,12H2,1H3,(H,19,22). The van der Waals surface area contributed by atoms with Gasteiger partial charge in [0.2, 0.25) is 0 Å². The topological polar surface area (TPSA) is 63.1 Å². The first-order valence-corrected chi connectivity index (χ1v) is 7.72. The Morgan fingerprint density at radius 1 is 1.32 bits per heavy atom. The van der Waals surface area contributed by atoms with Gasteiger partial charge in [-0.3, -0.25) is 9.48 Å². The van der Waals surface area contributed by atoms with Crippen molar-refractivity contribution in [1.82, 2.24) is 20.1 Å². The summed E-state index contributed by atoms with van der Waals surface area (Å²) in [5.41, 5.74) is 0.650. The summed E-state index contributed by atoms with van der Waals surface area (Å²) in [4.78, 5) is 19.2. The maximum Gasteiger partial charge on any atom is 0.255 e. The maximum absolute atomic E-state index is 12.6. The summed E-state index contributed by atoms with van der Waals surface area (Å²) < 4.78 is 1.82. The van der Waals surface area contributed by atoms with Crippen LogP contribution in [0.4, 0.5) is 5.82 Å². The fraction of sp³-hybridized carbons (Fsp3) is 0.438. The van der Waals surface area contributed by atoms with Gasteiger partial charge in [-0.25, -0.2) is 4.98 Å². The third kappa shape index (κ3) is 3.27. The highest BCUT2D eigenvalue weighted by Crippen LogP contribution is 2.21. The lowest BCUT2D eigenvalue weighted by atomic mass is 10.2. The quantitative estimate of drug-likeness (QED) is 0.912. The molecule has 0 aliphatic carbocycles. The van der Waals surface area contributed by atoms with E-state index in [-0.39, 0.29) is 11.9 Å². The summed E-state index contributed by atoms with van der Waals surface area (Å²) in [7, 11) is 0. The van der Waals surface area contributed by atoms with E-state index in [0.29, 0.717) is 12.1 Å². The average molecular weight is 299 g/mol. The molecule has 1 aliphatic heterocycles. The predicted octanol–water partition coefficient (Wildman–Crippen LogP) is 1.70. The Labute approximate surface area is 130 Å². The lowest BCUT2D eigenvalue weighted by molar-refractivity contribution is 0.0936. The van der Waals surface area contributed by atoms with Crippen LogP contribution in [0.5, 0.6) is 0 Å². The third-order valence-electron chi connectivity index (χ3n) is 3.83.